The van der Waals surface area contributed by atoms with Gasteiger partial charge < -0.3 is 24.3 Å². The second kappa shape index (κ2) is 14.2. The molecule has 11 nitrogen and oxygen atoms in total. The van der Waals surface area contributed by atoms with Gasteiger partial charge in [0.05, 0.1) is 48.2 Å². The Labute approximate surface area is 268 Å². The van der Waals surface area contributed by atoms with E-state index in [1.54, 1.807) is 37.2 Å². The molecule has 1 saturated heterocycles. The highest BCUT2D eigenvalue weighted by Crippen LogP contribution is 2.34. The number of rotatable bonds is 11. The van der Waals surface area contributed by atoms with Crippen molar-refractivity contribution in [3.05, 3.63) is 60.0 Å². The summed E-state index contributed by atoms with van der Waals surface area (Å²) in [5.74, 6) is -2.13. The van der Waals surface area contributed by atoms with E-state index in [2.05, 4.69) is 15.6 Å². The van der Waals surface area contributed by atoms with Crippen LogP contribution in [0.4, 0.5) is 0 Å². The number of aromatic nitrogens is 2. The van der Waals surface area contributed by atoms with Crippen molar-refractivity contribution in [3.8, 4) is 5.69 Å². The number of hydrogen-bond acceptors (Lipinski definition) is 8. The Kier molecular flexibility index (Phi) is 9.32. The van der Waals surface area contributed by atoms with Gasteiger partial charge in [0.2, 0.25) is 11.8 Å². The Morgan fingerprint density at radius 1 is 1.16 bits per heavy atom. The molecule has 0 aliphatic carbocycles. The molecule has 4 rings (SSSR count). The summed E-state index contributed by atoms with van der Waals surface area (Å²) in [6.07, 6.45) is 6.85. The molecular weight excluding hydrogens is 574 g/mol. The molecule has 2 amide bonds. The minimum atomic E-state index is -2.51. The maximum absolute atomic E-state index is 14.0. The van der Waals surface area contributed by atoms with Crippen molar-refractivity contribution in [1.82, 2.24) is 25.1 Å². The standard InChI is InChI=1S/C34H45N5O6/c1-8-44-33(43)26-11-9-12-28-25(26)14-16-38(28)24-17-23(18-35-19-24)27-13-10-15-39(27)32(42)30(21(2)3)37-31(41)22(4)36-20-29(40)45-34(5,6)7/h9,11-12,14,16-19,21-22,27,30,36H,8,10,13,15,20H2,1-7H3,(H,37,41)/t22-,27-,30-/m0/s1/i5D3. The SMILES string of the molecule is [2H]C([2H])([2H])C(C)(C)OC(=O)CN[C@@H](C)C(=O)N[C@H](C(=O)N1CCC[C@H]1c1cncc(-n2ccc3c(C(=O)OCC)cccc32)c1)C(C)C. The number of hydrogen-bond donors (Lipinski definition) is 2. The molecule has 1 aliphatic rings. The van der Waals surface area contributed by atoms with E-state index in [0.717, 1.165) is 35.0 Å². The number of benzene rings is 1. The van der Waals surface area contributed by atoms with Gasteiger partial charge in [-0.15, -0.1) is 0 Å². The average Bonchev–Trinajstić information content (AvgIpc) is 3.69. The van der Waals surface area contributed by atoms with Crippen molar-refractivity contribution in [2.24, 2.45) is 5.92 Å². The lowest BCUT2D eigenvalue weighted by Gasteiger charge is -2.32. The molecule has 3 aromatic rings. The summed E-state index contributed by atoms with van der Waals surface area (Å²) >= 11 is 0. The van der Waals surface area contributed by atoms with Crippen LogP contribution in [0.25, 0.3) is 16.6 Å². The highest BCUT2D eigenvalue weighted by atomic mass is 16.6. The summed E-state index contributed by atoms with van der Waals surface area (Å²) in [5.41, 5.74) is 1.24. The van der Waals surface area contributed by atoms with Crippen LogP contribution in [0.1, 0.15) is 87.3 Å². The number of carbonyl (C=O) groups is 4. The van der Waals surface area contributed by atoms with Crippen molar-refractivity contribution in [1.29, 1.82) is 0 Å². The van der Waals surface area contributed by atoms with Gasteiger partial charge in [0.1, 0.15) is 11.6 Å². The number of fused-ring (bicyclic) bond motifs is 1. The van der Waals surface area contributed by atoms with E-state index in [9.17, 15) is 19.2 Å². The predicted molar refractivity (Wildman–Crippen MR) is 171 cm³/mol. The minimum Gasteiger partial charge on any atom is -0.462 e. The Bertz CT molecular complexity index is 1650. The zero-order valence-corrected chi connectivity index (χ0v) is 26.8. The maximum Gasteiger partial charge on any atom is 0.338 e. The number of esters is 2. The monoisotopic (exact) mass is 622 g/mol. The van der Waals surface area contributed by atoms with Crippen molar-refractivity contribution in [2.75, 3.05) is 19.7 Å². The number of amides is 2. The number of nitrogens with one attached hydrogen (secondary N) is 2. The Balaban J connectivity index is 1.47. The van der Waals surface area contributed by atoms with Crippen LogP contribution in [0.15, 0.2) is 48.9 Å². The van der Waals surface area contributed by atoms with Gasteiger partial charge in [-0.1, -0.05) is 19.9 Å². The van der Waals surface area contributed by atoms with Crippen LogP contribution in [0.5, 0.6) is 0 Å². The van der Waals surface area contributed by atoms with E-state index in [-0.39, 0.29) is 37.0 Å². The molecule has 3 heterocycles. The van der Waals surface area contributed by atoms with Gasteiger partial charge in [0.25, 0.3) is 0 Å². The van der Waals surface area contributed by atoms with Crippen molar-refractivity contribution >= 4 is 34.7 Å². The fourth-order valence-corrected chi connectivity index (χ4v) is 5.54. The molecule has 0 radical (unpaired) electrons. The first kappa shape index (κ1) is 29.5. The van der Waals surface area contributed by atoms with E-state index >= 15 is 0 Å². The van der Waals surface area contributed by atoms with Crippen LogP contribution < -0.4 is 10.6 Å². The maximum atomic E-state index is 14.0. The molecule has 0 unspecified atom stereocenters. The van der Waals surface area contributed by atoms with E-state index in [0.29, 0.717) is 12.1 Å². The number of carbonyl (C=O) groups excluding carboxylic acids is 4. The quantitative estimate of drug-likeness (QED) is 0.302. The average molecular weight is 623 g/mol. The Morgan fingerprint density at radius 3 is 2.64 bits per heavy atom. The lowest BCUT2D eigenvalue weighted by molar-refractivity contribution is -0.153. The molecule has 1 aliphatic heterocycles. The first-order chi connectivity index (χ1) is 22.6. The third kappa shape index (κ3) is 8.08. The number of ether oxygens (including phenoxy) is 2. The van der Waals surface area contributed by atoms with Crippen molar-refractivity contribution < 1.29 is 32.8 Å². The second-order valence-corrected chi connectivity index (χ2v) is 12.1. The summed E-state index contributed by atoms with van der Waals surface area (Å²) < 4.78 is 34.9. The fraction of sp³-hybridized carbons (Fsp3) is 0.500. The predicted octanol–water partition coefficient (Wildman–Crippen LogP) is 4.33. The van der Waals surface area contributed by atoms with Crippen LogP contribution in [0.2, 0.25) is 0 Å². The van der Waals surface area contributed by atoms with Gasteiger partial charge in [-0.3, -0.25) is 24.7 Å². The van der Waals surface area contributed by atoms with Gasteiger partial charge in [0, 0.05) is 28.4 Å². The number of nitrogens with zero attached hydrogens (tertiary/aromatic N) is 3. The van der Waals surface area contributed by atoms with Gasteiger partial charge in [-0.05, 0) is 83.1 Å². The Hall–Kier alpha value is -4.25. The second-order valence-electron chi connectivity index (χ2n) is 12.1. The molecule has 11 heteroatoms. The minimum absolute atomic E-state index is 0.220. The number of likely N-dealkylation sites (tertiary alicyclic amines) is 1. The molecule has 0 saturated carbocycles. The molecular formula is C34H45N5O6. The largest absolute Gasteiger partial charge is 0.462 e. The summed E-state index contributed by atoms with van der Waals surface area (Å²) in [6.45, 7) is 7.53. The molecule has 0 spiro atoms. The summed E-state index contributed by atoms with van der Waals surface area (Å²) in [6, 6.07) is 7.37. The van der Waals surface area contributed by atoms with E-state index in [1.165, 1.54) is 13.8 Å². The molecule has 0 bridgehead atoms. The van der Waals surface area contributed by atoms with Gasteiger partial charge in [-0.25, -0.2) is 4.79 Å². The summed E-state index contributed by atoms with van der Waals surface area (Å²) in [5, 5.41) is 6.37. The first-order valence-corrected chi connectivity index (χ1v) is 15.3. The first-order valence-electron chi connectivity index (χ1n) is 16.8. The van der Waals surface area contributed by atoms with E-state index in [1.807, 2.05) is 48.9 Å². The van der Waals surface area contributed by atoms with Crippen LogP contribution in [-0.4, -0.2) is 75.6 Å². The van der Waals surface area contributed by atoms with Crippen molar-refractivity contribution in [3.63, 3.8) is 0 Å². The van der Waals surface area contributed by atoms with Gasteiger partial charge >= 0.3 is 11.9 Å². The van der Waals surface area contributed by atoms with Gasteiger partial charge in [0.15, 0.2) is 0 Å². The molecule has 1 fully saturated rings. The normalized spacial score (nSPS) is 17.7. The lowest BCUT2D eigenvalue weighted by Crippen LogP contribution is -2.55. The smallest absolute Gasteiger partial charge is 0.338 e. The zero-order chi connectivity index (χ0) is 35.4. The van der Waals surface area contributed by atoms with Gasteiger partial charge in [-0.2, -0.15) is 0 Å². The van der Waals surface area contributed by atoms with Crippen LogP contribution in [0, 0.1) is 5.92 Å². The van der Waals surface area contributed by atoms with E-state index in [4.69, 9.17) is 13.6 Å². The molecule has 2 N–H and O–H groups in total. The molecule has 3 atom stereocenters. The highest BCUT2D eigenvalue weighted by Gasteiger charge is 2.37. The van der Waals surface area contributed by atoms with E-state index < -0.39 is 36.4 Å². The zero-order valence-electron chi connectivity index (χ0n) is 29.8. The third-order valence-corrected chi connectivity index (χ3v) is 7.72. The third-order valence-electron chi connectivity index (χ3n) is 7.72. The fourth-order valence-electron chi connectivity index (χ4n) is 5.54. The molecule has 2 aromatic heterocycles. The summed E-state index contributed by atoms with van der Waals surface area (Å²) in [7, 11) is 0. The van der Waals surface area contributed by atoms with Crippen LogP contribution in [0.3, 0.4) is 0 Å². The Morgan fingerprint density at radius 2 is 1.93 bits per heavy atom. The van der Waals surface area contributed by atoms with Crippen LogP contribution in [-0.2, 0) is 23.9 Å². The number of pyridine rings is 1. The lowest BCUT2D eigenvalue weighted by atomic mass is 10.00. The summed E-state index contributed by atoms with van der Waals surface area (Å²) in [4.78, 5) is 58.2. The molecule has 1 aromatic carbocycles. The van der Waals surface area contributed by atoms with Crippen molar-refractivity contribution in [2.45, 2.75) is 85.0 Å². The van der Waals surface area contributed by atoms with Crippen LogP contribution >= 0.6 is 0 Å². The molecule has 45 heavy (non-hydrogen) atoms. The topological polar surface area (TPSA) is 132 Å². The molecule has 242 valence electrons. The highest BCUT2D eigenvalue weighted by molar-refractivity contribution is 6.04.